The molecule has 1 aliphatic heterocycles. The summed E-state index contributed by atoms with van der Waals surface area (Å²) in [4.78, 5) is 17.9. The molecular weight excluding hydrogens is 286 g/mol. The van der Waals surface area contributed by atoms with Crippen LogP contribution in [0.2, 0.25) is 0 Å². The lowest BCUT2D eigenvalue weighted by Gasteiger charge is -2.26. The van der Waals surface area contributed by atoms with E-state index in [4.69, 9.17) is 0 Å². The Morgan fingerprint density at radius 1 is 1.33 bits per heavy atom. The van der Waals surface area contributed by atoms with Gasteiger partial charge in [-0.05, 0) is 29.7 Å². The molecule has 6 heteroatoms. The van der Waals surface area contributed by atoms with Crippen molar-refractivity contribution in [1.29, 1.82) is 0 Å². The van der Waals surface area contributed by atoms with Gasteiger partial charge in [-0.1, -0.05) is 18.2 Å². The molecule has 5 nitrogen and oxygen atoms in total. The van der Waals surface area contributed by atoms with Gasteiger partial charge < -0.3 is 10.0 Å². The molecule has 21 heavy (non-hydrogen) atoms. The molecule has 2 aromatic rings. The third kappa shape index (κ3) is 3.22. The molecule has 2 amide bonds. The van der Waals surface area contributed by atoms with E-state index in [1.165, 1.54) is 16.9 Å². The first-order chi connectivity index (χ1) is 10.2. The molecular formula is C15H15N3O2S. The molecule has 1 aromatic heterocycles. The van der Waals surface area contributed by atoms with E-state index in [9.17, 15) is 9.90 Å². The molecule has 0 unspecified atom stereocenters. The maximum Gasteiger partial charge on any atom is 0.323 e. The van der Waals surface area contributed by atoms with E-state index in [-0.39, 0.29) is 11.8 Å². The third-order valence-electron chi connectivity index (χ3n) is 3.38. The molecule has 0 spiro atoms. The van der Waals surface area contributed by atoms with Gasteiger partial charge in [0.05, 0.1) is 0 Å². The topological polar surface area (TPSA) is 65.5 Å². The number of nitrogens with one attached hydrogen (secondary N) is 1. The van der Waals surface area contributed by atoms with Crippen LogP contribution < -0.4 is 5.32 Å². The van der Waals surface area contributed by atoms with E-state index in [1.54, 1.807) is 23.2 Å². The molecule has 3 rings (SSSR count). The number of hydrogen-bond acceptors (Lipinski definition) is 4. The first kappa shape index (κ1) is 13.6. The number of hydrogen-bond donors (Lipinski definition) is 2. The molecule has 108 valence electrons. The summed E-state index contributed by atoms with van der Waals surface area (Å²) in [6, 6.07) is 7.03. The van der Waals surface area contributed by atoms with Crippen LogP contribution >= 0.6 is 11.3 Å². The highest BCUT2D eigenvalue weighted by molar-refractivity contribution is 7.13. The number of aromatic nitrogens is 1. The van der Waals surface area contributed by atoms with Gasteiger partial charge in [-0.25, -0.2) is 9.78 Å². The van der Waals surface area contributed by atoms with Crippen molar-refractivity contribution in [3.05, 3.63) is 47.5 Å². The van der Waals surface area contributed by atoms with Gasteiger partial charge in [-0.2, -0.15) is 0 Å². The molecule has 1 aromatic carbocycles. The van der Waals surface area contributed by atoms with Crippen molar-refractivity contribution in [2.45, 2.75) is 6.42 Å². The van der Waals surface area contributed by atoms with Crippen LogP contribution in [0.5, 0.6) is 5.75 Å². The lowest BCUT2D eigenvalue weighted by atomic mass is 9.99. The number of benzene rings is 1. The summed E-state index contributed by atoms with van der Waals surface area (Å²) in [7, 11) is 0. The Bertz CT molecular complexity index is 650. The van der Waals surface area contributed by atoms with Crippen molar-refractivity contribution in [3.63, 3.8) is 0 Å². The number of aromatic hydroxyl groups is 1. The van der Waals surface area contributed by atoms with E-state index in [0.29, 0.717) is 18.2 Å². The molecule has 2 N–H and O–H groups in total. The van der Waals surface area contributed by atoms with E-state index in [0.717, 1.165) is 12.0 Å². The fourth-order valence-corrected chi connectivity index (χ4v) is 2.77. The quantitative estimate of drug-likeness (QED) is 0.895. The molecule has 0 fully saturated rings. The fourth-order valence-electron chi connectivity index (χ4n) is 2.25. The zero-order chi connectivity index (χ0) is 14.7. The zero-order valence-electron chi connectivity index (χ0n) is 11.3. The number of amides is 2. The van der Waals surface area contributed by atoms with Crippen molar-refractivity contribution in [2.24, 2.45) is 0 Å². The van der Waals surface area contributed by atoms with Crippen LogP contribution in [-0.2, 0) is 0 Å². The monoisotopic (exact) mass is 301 g/mol. The Kier molecular flexibility index (Phi) is 3.87. The Morgan fingerprint density at radius 2 is 2.14 bits per heavy atom. The molecule has 0 bridgehead atoms. The van der Waals surface area contributed by atoms with Crippen LogP contribution in [0.1, 0.15) is 12.0 Å². The third-order valence-corrected chi connectivity index (χ3v) is 4.07. The summed E-state index contributed by atoms with van der Waals surface area (Å²) in [5.41, 5.74) is 2.29. The van der Waals surface area contributed by atoms with Gasteiger partial charge in [0.15, 0.2) is 5.13 Å². The van der Waals surface area contributed by atoms with Gasteiger partial charge >= 0.3 is 6.03 Å². The molecule has 0 aliphatic carbocycles. The number of anilines is 1. The molecule has 1 aliphatic rings. The molecule has 0 saturated heterocycles. The molecule has 0 radical (unpaired) electrons. The molecule has 0 saturated carbocycles. The second-order valence-corrected chi connectivity index (χ2v) is 5.63. The van der Waals surface area contributed by atoms with Gasteiger partial charge in [0.2, 0.25) is 0 Å². The summed E-state index contributed by atoms with van der Waals surface area (Å²) in [6.45, 7) is 1.25. The number of carbonyl (C=O) groups is 1. The number of phenols is 1. The lowest BCUT2D eigenvalue weighted by molar-refractivity contribution is 0.217. The second kappa shape index (κ2) is 5.97. The summed E-state index contributed by atoms with van der Waals surface area (Å²) in [6.07, 6.45) is 4.52. The highest BCUT2D eigenvalue weighted by Gasteiger charge is 2.18. The summed E-state index contributed by atoms with van der Waals surface area (Å²) < 4.78 is 0. The number of thiazole rings is 1. The van der Waals surface area contributed by atoms with Crippen molar-refractivity contribution >= 4 is 28.1 Å². The first-order valence-electron chi connectivity index (χ1n) is 6.66. The lowest BCUT2D eigenvalue weighted by Crippen LogP contribution is -2.37. The predicted octanol–water partition coefficient (Wildman–Crippen LogP) is 3.17. The standard InChI is InChI=1S/C15H15N3O2S/c19-13-3-1-11(2-4-13)12-5-8-18(9-6-12)15(20)17-14-16-7-10-21-14/h1-5,7,10,19H,6,8-9H2,(H,16,17,20). The Hall–Kier alpha value is -2.34. The van der Waals surface area contributed by atoms with Gasteiger partial charge in [0.1, 0.15) is 5.75 Å². The van der Waals surface area contributed by atoms with Crippen LogP contribution in [-0.4, -0.2) is 34.1 Å². The number of rotatable bonds is 2. The Labute approximate surface area is 126 Å². The number of nitrogens with zero attached hydrogens (tertiary/aromatic N) is 2. The summed E-state index contributed by atoms with van der Waals surface area (Å²) in [5, 5.41) is 14.5. The SMILES string of the molecule is O=C(Nc1nccs1)N1CC=C(c2ccc(O)cc2)CC1. The minimum Gasteiger partial charge on any atom is -0.508 e. The zero-order valence-corrected chi connectivity index (χ0v) is 12.1. The van der Waals surface area contributed by atoms with Gasteiger partial charge in [-0.3, -0.25) is 5.32 Å². The van der Waals surface area contributed by atoms with E-state index >= 15 is 0 Å². The summed E-state index contributed by atoms with van der Waals surface area (Å²) in [5.74, 6) is 0.264. The van der Waals surface area contributed by atoms with Crippen LogP contribution in [0.4, 0.5) is 9.93 Å². The van der Waals surface area contributed by atoms with Crippen molar-refractivity contribution in [3.8, 4) is 5.75 Å². The van der Waals surface area contributed by atoms with Crippen LogP contribution in [0.25, 0.3) is 5.57 Å². The van der Waals surface area contributed by atoms with E-state index in [1.807, 2.05) is 17.5 Å². The average Bonchev–Trinajstić information content (AvgIpc) is 3.01. The first-order valence-corrected chi connectivity index (χ1v) is 7.54. The van der Waals surface area contributed by atoms with Gasteiger partial charge in [0, 0.05) is 24.7 Å². The van der Waals surface area contributed by atoms with Crippen molar-refractivity contribution < 1.29 is 9.90 Å². The maximum absolute atomic E-state index is 12.1. The van der Waals surface area contributed by atoms with E-state index < -0.39 is 0 Å². The Morgan fingerprint density at radius 3 is 2.76 bits per heavy atom. The van der Waals surface area contributed by atoms with E-state index in [2.05, 4.69) is 16.4 Å². The smallest absolute Gasteiger partial charge is 0.323 e. The van der Waals surface area contributed by atoms with Gasteiger partial charge in [0.25, 0.3) is 0 Å². The van der Waals surface area contributed by atoms with Gasteiger partial charge in [-0.15, -0.1) is 11.3 Å². The Balaban J connectivity index is 1.63. The minimum atomic E-state index is -0.119. The normalized spacial score (nSPS) is 14.7. The number of urea groups is 1. The predicted molar refractivity (Wildman–Crippen MR) is 83.4 cm³/mol. The van der Waals surface area contributed by atoms with Crippen molar-refractivity contribution in [2.75, 3.05) is 18.4 Å². The molecule has 0 atom stereocenters. The highest BCUT2D eigenvalue weighted by Crippen LogP contribution is 2.24. The van der Waals surface area contributed by atoms with Crippen LogP contribution in [0.3, 0.4) is 0 Å². The minimum absolute atomic E-state index is 0.119. The van der Waals surface area contributed by atoms with Crippen LogP contribution in [0.15, 0.2) is 41.9 Å². The number of carbonyl (C=O) groups excluding carboxylic acids is 1. The molecule has 2 heterocycles. The largest absolute Gasteiger partial charge is 0.508 e. The maximum atomic E-state index is 12.1. The second-order valence-electron chi connectivity index (χ2n) is 4.74. The summed E-state index contributed by atoms with van der Waals surface area (Å²) >= 11 is 1.41. The fraction of sp³-hybridized carbons (Fsp3) is 0.200. The average molecular weight is 301 g/mol. The number of phenolic OH excluding ortho intramolecular Hbond substituents is 1. The van der Waals surface area contributed by atoms with Crippen LogP contribution in [0, 0.1) is 0 Å². The van der Waals surface area contributed by atoms with Crippen molar-refractivity contribution in [1.82, 2.24) is 9.88 Å². The highest BCUT2D eigenvalue weighted by atomic mass is 32.1.